The van der Waals surface area contributed by atoms with Crippen molar-refractivity contribution in [3.63, 3.8) is 0 Å². The molecule has 0 saturated heterocycles. The van der Waals surface area contributed by atoms with Crippen LogP contribution in [0.5, 0.6) is 0 Å². The van der Waals surface area contributed by atoms with Crippen LogP contribution in [-0.4, -0.2) is 23.7 Å². The zero-order chi connectivity index (χ0) is 16.5. The van der Waals surface area contributed by atoms with Gasteiger partial charge in [0.25, 0.3) is 0 Å². The van der Waals surface area contributed by atoms with Crippen molar-refractivity contribution in [2.75, 3.05) is 6.61 Å². The van der Waals surface area contributed by atoms with Gasteiger partial charge in [0, 0.05) is 18.0 Å². The Morgan fingerprint density at radius 2 is 1.91 bits per heavy atom. The van der Waals surface area contributed by atoms with E-state index in [1.165, 1.54) is 6.20 Å². The molecule has 0 radical (unpaired) electrons. The molecule has 23 heavy (non-hydrogen) atoms. The summed E-state index contributed by atoms with van der Waals surface area (Å²) in [5.74, 6) is -0.558. The number of carbonyl (C=O) groups excluding carboxylic acids is 2. The topological polar surface area (TPSA) is 77.5 Å². The van der Waals surface area contributed by atoms with Crippen LogP contribution in [0.3, 0.4) is 0 Å². The second-order valence-electron chi connectivity index (χ2n) is 4.68. The summed E-state index contributed by atoms with van der Waals surface area (Å²) in [5.41, 5.74) is 1.39. The summed E-state index contributed by atoms with van der Waals surface area (Å²) < 4.78 is 10.1. The average molecular weight is 314 g/mol. The quantitative estimate of drug-likeness (QED) is 0.829. The van der Waals surface area contributed by atoms with Gasteiger partial charge in [-0.15, -0.1) is 0 Å². The molecule has 2 aromatic rings. The van der Waals surface area contributed by atoms with Gasteiger partial charge in [0.2, 0.25) is 0 Å². The Balaban J connectivity index is 1.99. The molecule has 1 heterocycles. The summed E-state index contributed by atoms with van der Waals surface area (Å²) in [6.45, 7) is 2.04. The van der Waals surface area contributed by atoms with E-state index < -0.39 is 18.1 Å². The number of nitrogens with one attached hydrogen (secondary N) is 1. The van der Waals surface area contributed by atoms with Crippen molar-refractivity contribution in [1.29, 1.82) is 0 Å². The van der Waals surface area contributed by atoms with Gasteiger partial charge in [-0.3, -0.25) is 4.98 Å². The fourth-order valence-corrected chi connectivity index (χ4v) is 1.93. The molecule has 0 fully saturated rings. The van der Waals surface area contributed by atoms with E-state index >= 15 is 0 Å². The maximum atomic E-state index is 12.0. The minimum Gasteiger partial charge on any atom is -0.464 e. The van der Waals surface area contributed by atoms with E-state index in [4.69, 9.17) is 9.47 Å². The Morgan fingerprint density at radius 1 is 1.13 bits per heavy atom. The Morgan fingerprint density at radius 3 is 2.57 bits per heavy atom. The van der Waals surface area contributed by atoms with Crippen LogP contribution in [0.15, 0.2) is 54.9 Å². The SMILES string of the molecule is CCOC(=O)C(NC(=O)OCc1ccccc1)c1cccnc1. The number of rotatable bonds is 6. The highest BCUT2D eigenvalue weighted by atomic mass is 16.6. The number of aromatic nitrogens is 1. The first kappa shape index (κ1) is 16.5. The predicted molar refractivity (Wildman–Crippen MR) is 83.4 cm³/mol. The molecule has 1 atom stereocenters. The van der Waals surface area contributed by atoms with Gasteiger partial charge in [-0.25, -0.2) is 9.59 Å². The molecule has 1 amide bonds. The summed E-state index contributed by atoms with van der Waals surface area (Å²) in [7, 11) is 0. The van der Waals surface area contributed by atoms with E-state index in [2.05, 4.69) is 10.3 Å². The molecule has 6 nitrogen and oxygen atoms in total. The summed E-state index contributed by atoms with van der Waals surface area (Å²) >= 11 is 0. The van der Waals surface area contributed by atoms with Gasteiger partial charge in [-0.2, -0.15) is 0 Å². The molecule has 0 aliphatic heterocycles. The van der Waals surface area contributed by atoms with Crippen LogP contribution in [-0.2, 0) is 20.9 Å². The minimum atomic E-state index is -0.952. The Kier molecular flexibility index (Phi) is 6.11. The van der Waals surface area contributed by atoms with E-state index in [0.717, 1.165) is 5.56 Å². The molecule has 1 aromatic carbocycles. The number of nitrogens with zero attached hydrogens (tertiary/aromatic N) is 1. The Labute approximate surface area is 134 Å². The predicted octanol–water partition coefficient (Wildman–Crippen LogP) is 2.61. The second kappa shape index (κ2) is 8.53. The number of amides is 1. The lowest BCUT2D eigenvalue weighted by molar-refractivity contribution is -0.145. The lowest BCUT2D eigenvalue weighted by atomic mass is 10.1. The third-order valence-corrected chi connectivity index (χ3v) is 3.01. The van der Waals surface area contributed by atoms with Gasteiger partial charge in [0.1, 0.15) is 6.61 Å². The fourth-order valence-electron chi connectivity index (χ4n) is 1.93. The molecule has 1 unspecified atom stereocenters. The first-order valence-corrected chi connectivity index (χ1v) is 7.24. The Bertz CT molecular complexity index is 632. The molecule has 6 heteroatoms. The molecular formula is C17H18N2O4. The molecule has 0 bridgehead atoms. The summed E-state index contributed by atoms with van der Waals surface area (Å²) in [4.78, 5) is 27.9. The van der Waals surface area contributed by atoms with Gasteiger partial charge < -0.3 is 14.8 Å². The molecule has 0 saturated carbocycles. The highest BCUT2D eigenvalue weighted by molar-refractivity contribution is 5.82. The van der Waals surface area contributed by atoms with Gasteiger partial charge in [-0.05, 0) is 18.6 Å². The highest BCUT2D eigenvalue weighted by Crippen LogP contribution is 2.14. The maximum absolute atomic E-state index is 12.0. The molecule has 0 spiro atoms. The molecule has 2 rings (SSSR count). The lowest BCUT2D eigenvalue weighted by Crippen LogP contribution is -2.35. The number of benzene rings is 1. The lowest BCUT2D eigenvalue weighted by Gasteiger charge is -2.17. The normalized spacial score (nSPS) is 11.3. The van der Waals surface area contributed by atoms with Crippen molar-refractivity contribution in [1.82, 2.24) is 10.3 Å². The standard InChI is InChI=1S/C17H18N2O4/c1-2-22-16(20)15(14-9-6-10-18-11-14)19-17(21)23-12-13-7-4-3-5-8-13/h3-11,15H,2,12H2,1H3,(H,19,21). The molecule has 0 aliphatic carbocycles. The van der Waals surface area contributed by atoms with Crippen molar-refractivity contribution < 1.29 is 19.1 Å². The summed E-state index contributed by atoms with van der Waals surface area (Å²) in [5, 5.41) is 2.51. The van der Waals surface area contributed by atoms with E-state index in [0.29, 0.717) is 5.56 Å². The molecule has 0 aliphatic rings. The fraction of sp³-hybridized carbons (Fsp3) is 0.235. The first-order valence-electron chi connectivity index (χ1n) is 7.24. The van der Waals surface area contributed by atoms with E-state index in [1.807, 2.05) is 30.3 Å². The van der Waals surface area contributed by atoms with Gasteiger partial charge >= 0.3 is 12.1 Å². The number of hydrogen-bond donors (Lipinski definition) is 1. The highest BCUT2D eigenvalue weighted by Gasteiger charge is 2.24. The third-order valence-electron chi connectivity index (χ3n) is 3.01. The van der Waals surface area contributed by atoms with Crippen LogP contribution in [0.25, 0.3) is 0 Å². The van der Waals surface area contributed by atoms with Gasteiger partial charge in [-0.1, -0.05) is 36.4 Å². The smallest absolute Gasteiger partial charge is 0.408 e. The second-order valence-corrected chi connectivity index (χ2v) is 4.68. The minimum absolute atomic E-state index is 0.120. The van der Waals surface area contributed by atoms with E-state index in [-0.39, 0.29) is 13.2 Å². The molecule has 1 N–H and O–H groups in total. The van der Waals surface area contributed by atoms with Crippen molar-refractivity contribution in [2.45, 2.75) is 19.6 Å². The van der Waals surface area contributed by atoms with E-state index in [1.54, 1.807) is 25.3 Å². The van der Waals surface area contributed by atoms with Crippen LogP contribution in [0.4, 0.5) is 4.79 Å². The van der Waals surface area contributed by atoms with Crippen molar-refractivity contribution >= 4 is 12.1 Å². The number of ether oxygens (including phenoxy) is 2. The molecule has 120 valence electrons. The van der Waals surface area contributed by atoms with Crippen molar-refractivity contribution in [2.24, 2.45) is 0 Å². The number of alkyl carbamates (subject to hydrolysis) is 1. The van der Waals surface area contributed by atoms with Crippen LogP contribution in [0, 0.1) is 0 Å². The molecular weight excluding hydrogens is 296 g/mol. The van der Waals surface area contributed by atoms with Crippen molar-refractivity contribution in [3.8, 4) is 0 Å². The maximum Gasteiger partial charge on any atom is 0.408 e. The number of carbonyl (C=O) groups is 2. The van der Waals surface area contributed by atoms with Crippen LogP contribution < -0.4 is 5.32 Å². The van der Waals surface area contributed by atoms with Gasteiger partial charge in [0.05, 0.1) is 6.61 Å². The van der Waals surface area contributed by atoms with Crippen LogP contribution in [0.1, 0.15) is 24.1 Å². The largest absolute Gasteiger partial charge is 0.464 e. The zero-order valence-electron chi connectivity index (χ0n) is 12.8. The number of hydrogen-bond acceptors (Lipinski definition) is 5. The third kappa shape index (κ3) is 5.10. The summed E-state index contributed by atoms with van der Waals surface area (Å²) in [6.07, 6.45) is 2.38. The first-order chi connectivity index (χ1) is 11.2. The molecule has 1 aromatic heterocycles. The van der Waals surface area contributed by atoms with Crippen LogP contribution >= 0.6 is 0 Å². The van der Waals surface area contributed by atoms with Gasteiger partial charge in [0.15, 0.2) is 6.04 Å². The number of esters is 1. The number of pyridine rings is 1. The van der Waals surface area contributed by atoms with Crippen molar-refractivity contribution in [3.05, 3.63) is 66.0 Å². The average Bonchev–Trinajstić information content (AvgIpc) is 2.59. The Hall–Kier alpha value is -2.89. The van der Waals surface area contributed by atoms with E-state index in [9.17, 15) is 9.59 Å². The zero-order valence-corrected chi connectivity index (χ0v) is 12.8. The monoisotopic (exact) mass is 314 g/mol. The summed E-state index contributed by atoms with van der Waals surface area (Å²) in [6, 6.07) is 11.7. The van der Waals surface area contributed by atoms with Crippen LogP contribution in [0.2, 0.25) is 0 Å².